The van der Waals surface area contributed by atoms with Gasteiger partial charge in [-0.2, -0.15) is 8.42 Å². The van der Waals surface area contributed by atoms with Crippen molar-refractivity contribution in [2.24, 2.45) is 5.90 Å². The van der Waals surface area contributed by atoms with Crippen LogP contribution in [-0.2, 0) is 10.3 Å². The third-order valence-electron chi connectivity index (χ3n) is 0.115. The van der Waals surface area contributed by atoms with Crippen LogP contribution in [0.1, 0.15) is 0 Å². The van der Waals surface area contributed by atoms with Crippen molar-refractivity contribution < 1.29 is 23.4 Å². The molecule has 0 atom stereocenters. The first-order chi connectivity index (χ1) is 3.56. The molecule has 0 saturated heterocycles. The van der Waals surface area contributed by atoms with Gasteiger partial charge in [-0.25, -0.2) is 5.90 Å². The summed E-state index contributed by atoms with van der Waals surface area (Å²) < 4.78 is 25.8. The van der Waals surface area contributed by atoms with E-state index in [1.165, 1.54) is 0 Å². The molecule has 0 aromatic carbocycles. The molecule has 0 spiro atoms. The summed E-state index contributed by atoms with van der Waals surface area (Å²) in [5.41, 5.74) is 0. The highest BCUT2D eigenvalue weighted by atomic mass is 32.2. The van der Waals surface area contributed by atoms with Crippen LogP contribution < -0.4 is 10.8 Å². The Morgan fingerprint density at radius 2 is 1.50 bits per heavy atom. The van der Waals surface area contributed by atoms with Crippen LogP contribution in [0.5, 0.6) is 0 Å². The first kappa shape index (κ1) is 10.7. The Balaban J connectivity index is 0. The quantitative estimate of drug-likeness (QED) is 0.217. The molecule has 6 N–H and O–H groups in total. The van der Waals surface area contributed by atoms with Gasteiger partial charge in [0.2, 0.25) is 0 Å². The van der Waals surface area contributed by atoms with E-state index in [0.29, 0.717) is 4.89 Å². The van der Waals surface area contributed by atoms with Gasteiger partial charge < -0.3 is 10.4 Å². The van der Waals surface area contributed by atoms with Gasteiger partial charge in [0, 0.05) is 0 Å². The van der Waals surface area contributed by atoms with Gasteiger partial charge in [-0.3, -0.25) is 4.55 Å². The molecule has 8 heavy (non-hydrogen) atoms. The molecule has 7 nitrogen and oxygen atoms in total. The third-order valence-corrected chi connectivity index (χ3v) is 0.346. The van der Waals surface area contributed by atoms with Crippen LogP contribution in [0.25, 0.3) is 0 Å². The van der Waals surface area contributed by atoms with Gasteiger partial charge in [-0.05, 0) is 0 Å². The Hall–Kier alpha value is -0.250. The Labute approximate surface area is 45.5 Å². The molecule has 0 fully saturated rings. The number of hydrogen-bond donors (Lipinski definition) is 5. The summed E-state index contributed by atoms with van der Waals surface area (Å²) in [6, 6.07) is 0. The summed E-state index contributed by atoms with van der Waals surface area (Å²) in [7, 11) is -4.36. The molecule has 52 valence electrons. The summed E-state index contributed by atoms with van der Waals surface area (Å²) in [6.45, 7) is 0. The second-order valence-electron chi connectivity index (χ2n) is 0.566. The molecule has 0 aliphatic heterocycles. The molecule has 0 aliphatic carbocycles. The Bertz CT molecular complexity index is 112. The van der Waals surface area contributed by atoms with E-state index >= 15 is 0 Å². The lowest BCUT2D eigenvalue weighted by atomic mass is 13.5. The average Bonchev–Trinajstić information content (AvgIpc) is 1.71. The van der Waals surface area contributed by atoms with Crippen LogP contribution in [0.3, 0.4) is 0 Å². The van der Waals surface area contributed by atoms with Crippen molar-refractivity contribution in [2.45, 2.75) is 0 Å². The predicted octanol–water partition coefficient (Wildman–Crippen LogP) is -1.90. The van der Waals surface area contributed by atoms with E-state index in [1.807, 2.05) is 0 Å². The minimum atomic E-state index is -4.36. The Kier molecular flexibility index (Phi) is 6.54. The lowest BCUT2D eigenvalue weighted by Crippen LogP contribution is -2.16. The van der Waals surface area contributed by atoms with Crippen LogP contribution >= 0.6 is 0 Å². The summed E-state index contributed by atoms with van der Waals surface area (Å²) in [6.07, 6.45) is 0. The fourth-order valence-corrected chi connectivity index (χ4v) is 0. The van der Waals surface area contributed by atoms with E-state index in [2.05, 4.69) is 5.90 Å². The van der Waals surface area contributed by atoms with Gasteiger partial charge in [0.15, 0.2) is 0 Å². The van der Waals surface area contributed by atoms with Crippen LogP contribution in [-0.4, -0.2) is 23.4 Å². The highest BCUT2D eigenvalue weighted by molar-refractivity contribution is 7.83. The van der Waals surface area contributed by atoms with Gasteiger partial charge in [0.05, 0.1) is 0 Å². The van der Waals surface area contributed by atoms with E-state index in [0.717, 1.165) is 0 Å². The third kappa shape index (κ3) is 17.2. The maximum absolute atomic E-state index is 9.19. The van der Waals surface area contributed by atoms with E-state index < -0.39 is 10.3 Å². The minimum absolute atomic E-state index is 0.632. The summed E-state index contributed by atoms with van der Waals surface area (Å²) >= 11 is 0. The second kappa shape index (κ2) is 4.90. The molecule has 0 unspecified atom stereocenters. The number of nitrogens with two attached hydrogens (primary N) is 1. The number of nitrogens with one attached hydrogen (secondary N) is 1. The summed E-state index contributed by atoms with van der Waals surface area (Å²) in [5.74, 6) is 3.50. The highest BCUT2D eigenvalue weighted by Crippen LogP contribution is 1.60. The topological polar surface area (TPSA) is 133 Å². The van der Waals surface area contributed by atoms with E-state index in [-0.39, 0.29) is 0 Å². The molecular formula is H6N2O5S. The fourth-order valence-electron chi connectivity index (χ4n) is 0. The van der Waals surface area contributed by atoms with E-state index in [1.54, 1.807) is 0 Å². The average molecular weight is 146 g/mol. The van der Waals surface area contributed by atoms with Crippen molar-refractivity contribution in [3.05, 3.63) is 0 Å². The molecule has 0 aliphatic rings. The Morgan fingerprint density at radius 1 is 1.38 bits per heavy atom. The SMILES string of the molecule is NO.O=S(=O)(O)NO. The standard InChI is InChI=1S/H3NO4S.H3NO/c2-1-6(3,4)5;1-2/h1-2H,(H,3,4,5);2H,1H2. The second-order valence-corrected chi connectivity index (χ2v) is 1.70. The van der Waals surface area contributed by atoms with Crippen molar-refractivity contribution in [1.29, 1.82) is 0 Å². The van der Waals surface area contributed by atoms with Crippen molar-refractivity contribution in [2.75, 3.05) is 0 Å². The number of rotatable bonds is 1. The zero-order chi connectivity index (χ0) is 7.21. The molecule has 0 aromatic heterocycles. The highest BCUT2D eigenvalue weighted by Gasteiger charge is 1.93. The molecule has 0 radical (unpaired) electrons. The van der Waals surface area contributed by atoms with Crippen LogP contribution in [0, 0.1) is 0 Å². The molecule has 8 heteroatoms. The van der Waals surface area contributed by atoms with E-state index in [9.17, 15) is 8.42 Å². The molecule has 0 saturated carbocycles. The molecule has 0 aromatic rings. The van der Waals surface area contributed by atoms with Crippen molar-refractivity contribution in [3.8, 4) is 0 Å². The van der Waals surface area contributed by atoms with Crippen molar-refractivity contribution >= 4 is 10.3 Å². The van der Waals surface area contributed by atoms with Crippen LogP contribution in [0.2, 0.25) is 0 Å². The smallest absolute Gasteiger partial charge is 0.320 e. The fraction of sp³-hybridized carbons (Fsp3) is 0. The zero-order valence-electron chi connectivity index (χ0n) is 3.64. The first-order valence-electron chi connectivity index (χ1n) is 1.20. The monoisotopic (exact) mass is 146 g/mol. The Morgan fingerprint density at radius 3 is 1.50 bits per heavy atom. The summed E-state index contributed by atoms with van der Waals surface area (Å²) in [5, 5.41) is 13.8. The van der Waals surface area contributed by atoms with Gasteiger partial charge in [0.25, 0.3) is 0 Å². The van der Waals surface area contributed by atoms with Crippen molar-refractivity contribution in [1.82, 2.24) is 4.89 Å². The van der Waals surface area contributed by atoms with Gasteiger partial charge in [0.1, 0.15) is 0 Å². The minimum Gasteiger partial charge on any atom is -0.320 e. The lowest BCUT2D eigenvalue weighted by molar-refractivity contribution is 0.226. The van der Waals surface area contributed by atoms with Crippen LogP contribution in [0.4, 0.5) is 0 Å². The lowest BCUT2D eigenvalue weighted by Gasteiger charge is -1.82. The summed E-state index contributed by atoms with van der Waals surface area (Å²) in [4.78, 5) is 0.632. The molecule has 0 amide bonds. The maximum atomic E-state index is 9.19. The predicted molar refractivity (Wildman–Crippen MR) is 22.4 cm³/mol. The van der Waals surface area contributed by atoms with Gasteiger partial charge in [-0.15, -0.1) is 0 Å². The zero-order valence-corrected chi connectivity index (χ0v) is 4.46. The first-order valence-corrected chi connectivity index (χ1v) is 2.64. The van der Waals surface area contributed by atoms with Gasteiger partial charge in [-0.1, -0.05) is 4.89 Å². The van der Waals surface area contributed by atoms with E-state index in [4.69, 9.17) is 15.0 Å². The maximum Gasteiger partial charge on any atom is 0.355 e. The molecular weight excluding hydrogens is 140 g/mol. The largest absolute Gasteiger partial charge is 0.355 e. The molecule has 0 heterocycles. The molecule has 0 bridgehead atoms. The molecule has 0 rings (SSSR count). The van der Waals surface area contributed by atoms with Crippen LogP contribution in [0.15, 0.2) is 0 Å². The van der Waals surface area contributed by atoms with Gasteiger partial charge >= 0.3 is 10.3 Å². The van der Waals surface area contributed by atoms with Crippen molar-refractivity contribution in [3.63, 3.8) is 0 Å². The normalized spacial score (nSPS) is 9.50. The number of hydrogen-bond acceptors (Lipinski definition) is 5.